The molecule has 1 aromatic heterocycles. The van der Waals surface area contributed by atoms with Crippen LogP contribution in [0, 0.1) is 0 Å². The summed E-state index contributed by atoms with van der Waals surface area (Å²) in [7, 11) is 2.72. The van der Waals surface area contributed by atoms with Crippen molar-refractivity contribution in [2.24, 2.45) is 0 Å². The summed E-state index contributed by atoms with van der Waals surface area (Å²) in [6.07, 6.45) is 0. The van der Waals surface area contributed by atoms with Gasteiger partial charge >= 0.3 is 5.97 Å². The maximum Gasteiger partial charge on any atom is 0.338 e. The van der Waals surface area contributed by atoms with Gasteiger partial charge < -0.3 is 14.6 Å². The Kier molecular flexibility index (Phi) is 3.41. The molecule has 0 aliphatic carbocycles. The zero-order valence-electron chi connectivity index (χ0n) is 7.98. The summed E-state index contributed by atoms with van der Waals surface area (Å²) in [6, 6.07) is 2.90. The Morgan fingerprint density at radius 1 is 1.50 bits per heavy atom. The summed E-state index contributed by atoms with van der Waals surface area (Å²) in [5.41, 5.74) is 0.674. The molecule has 5 nitrogen and oxygen atoms in total. The van der Waals surface area contributed by atoms with Crippen LogP contribution in [0.1, 0.15) is 16.1 Å². The third-order valence-corrected chi connectivity index (χ3v) is 1.65. The molecule has 14 heavy (non-hydrogen) atoms. The van der Waals surface area contributed by atoms with Crippen molar-refractivity contribution in [2.75, 3.05) is 14.2 Å². The van der Waals surface area contributed by atoms with E-state index in [0.29, 0.717) is 11.3 Å². The van der Waals surface area contributed by atoms with E-state index in [1.807, 2.05) is 0 Å². The molecule has 1 rings (SSSR count). The smallest absolute Gasteiger partial charge is 0.338 e. The lowest BCUT2D eigenvalue weighted by Crippen LogP contribution is -2.04. The van der Waals surface area contributed by atoms with Crippen molar-refractivity contribution in [2.45, 2.75) is 6.61 Å². The van der Waals surface area contributed by atoms with Gasteiger partial charge in [0.2, 0.25) is 5.88 Å². The van der Waals surface area contributed by atoms with Crippen LogP contribution in [0.5, 0.6) is 5.88 Å². The average molecular weight is 197 g/mol. The molecule has 0 saturated heterocycles. The lowest BCUT2D eigenvalue weighted by atomic mass is 10.2. The van der Waals surface area contributed by atoms with Crippen molar-refractivity contribution in [3.63, 3.8) is 0 Å². The number of nitrogens with zero attached hydrogens (tertiary/aromatic N) is 1. The number of carbonyl (C=O) groups is 1. The molecular formula is C9H11NO4. The number of aliphatic hydroxyl groups excluding tert-OH is 1. The first-order valence-electron chi connectivity index (χ1n) is 3.95. The fourth-order valence-electron chi connectivity index (χ4n) is 0.982. The van der Waals surface area contributed by atoms with Gasteiger partial charge in [-0.2, -0.15) is 0 Å². The lowest BCUT2D eigenvalue weighted by Gasteiger charge is -2.04. The van der Waals surface area contributed by atoms with Crippen LogP contribution in [0.15, 0.2) is 12.1 Å². The topological polar surface area (TPSA) is 68.7 Å². The number of hydrogen-bond donors (Lipinski definition) is 1. The largest absolute Gasteiger partial charge is 0.481 e. The van der Waals surface area contributed by atoms with E-state index in [9.17, 15) is 4.79 Å². The van der Waals surface area contributed by atoms with E-state index < -0.39 is 5.97 Å². The Hall–Kier alpha value is -1.62. The molecule has 5 heteroatoms. The monoisotopic (exact) mass is 197 g/mol. The Bertz CT molecular complexity index is 315. The van der Waals surface area contributed by atoms with E-state index in [1.54, 1.807) is 0 Å². The number of pyridine rings is 1. The number of esters is 1. The van der Waals surface area contributed by atoms with Crippen molar-refractivity contribution in [1.29, 1.82) is 0 Å². The van der Waals surface area contributed by atoms with Crippen LogP contribution in [-0.2, 0) is 11.3 Å². The van der Waals surface area contributed by atoms with E-state index >= 15 is 0 Å². The molecule has 0 fully saturated rings. The summed E-state index contributed by atoms with van der Waals surface area (Å²) in [5.74, 6) is -0.211. The van der Waals surface area contributed by atoms with Gasteiger partial charge in [0.15, 0.2) is 0 Å². The Morgan fingerprint density at radius 3 is 2.71 bits per heavy atom. The van der Waals surface area contributed by atoms with Gasteiger partial charge in [-0.1, -0.05) is 0 Å². The van der Waals surface area contributed by atoms with Crippen molar-refractivity contribution in [1.82, 2.24) is 4.98 Å². The molecule has 76 valence electrons. The van der Waals surface area contributed by atoms with Gasteiger partial charge in [-0.05, 0) is 6.07 Å². The number of carbonyl (C=O) groups excluding carboxylic acids is 1. The second-order valence-electron chi connectivity index (χ2n) is 2.54. The molecule has 0 aliphatic heterocycles. The fraction of sp³-hybridized carbons (Fsp3) is 0.333. The summed E-state index contributed by atoms with van der Waals surface area (Å²) >= 11 is 0. The van der Waals surface area contributed by atoms with Crippen molar-refractivity contribution >= 4 is 5.97 Å². The number of rotatable bonds is 3. The number of aromatic nitrogens is 1. The number of methoxy groups -OCH3 is 2. The van der Waals surface area contributed by atoms with Crippen LogP contribution in [0.4, 0.5) is 0 Å². The zero-order valence-corrected chi connectivity index (χ0v) is 7.98. The van der Waals surface area contributed by atoms with Crippen molar-refractivity contribution in [3.8, 4) is 5.88 Å². The van der Waals surface area contributed by atoms with E-state index in [1.165, 1.54) is 26.4 Å². The highest BCUT2D eigenvalue weighted by Crippen LogP contribution is 2.13. The summed E-state index contributed by atoms with van der Waals surface area (Å²) < 4.78 is 9.39. The predicted molar refractivity (Wildman–Crippen MR) is 48.1 cm³/mol. The molecule has 0 aliphatic rings. The van der Waals surface area contributed by atoms with Crippen molar-refractivity contribution in [3.05, 3.63) is 23.4 Å². The molecule has 0 radical (unpaired) electrons. The minimum absolute atomic E-state index is 0.249. The third kappa shape index (κ3) is 2.20. The maximum absolute atomic E-state index is 11.2. The molecule has 1 heterocycles. The van der Waals surface area contributed by atoms with Crippen LogP contribution in [-0.4, -0.2) is 30.3 Å². The first-order chi connectivity index (χ1) is 6.71. The van der Waals surface area contributed by atoms with E-state index in [4.69, 9.17) is 9.84 Å². The van der Waals surface area contributed by atoms with Gasteiger partial charge in [0, 0.05) is 6.07 Å². The predicted octanol–water partition coefficient (Wildman–Crippen LogP) is 0.369. The van der Waals surface area contributed by atoms with Crippen LogP contribution >= 0.6 is 0 Å². The number of hydrogen-bond acceptors (Lipinski definition) is 5. The molecule has 0 atom stereocenters. The first kappa shape index (κ1) is 10.5. The Balaban J connectivity index is 3.10. The standard InChI is InChI=1S/C9H11NO4/c1-13-8-4-6(9(12)14-2)3-7(5-11)10-8/h3-4,11H,5H2,1-2H3. The molecule has 0 amide bonds. The van der Waals surface area contributed by atoms with Gasteiger partial charge in [-0.15, -0.1) is 0 Å². The highest BCUT2D eigenvalue weighted by molar-refractivity contribution is 5.89. The van der Waals surface area contributed by atoms with Gasteiger partial charge in [0.25, 0.3) is 0 Å². The van der Waals surface area contributed by atoms with Crippen LogP contribution in [0.25, 0.3) is 0 Å². The van der Waals surface area contributed by atoms with Gasteiger partial charge in [-0.25, -0.2) is 9.78 Å². The minimum Gasteiger partial charge on any atom is -0.481 e. The quantitative estimate of drug-likeness (QED) is 0.709. The highest BCUT2D eigenvalue weighted by Gasteiger charge is 2.09. The highest BCUT2D eigenvalue weighted by atomic mass is 16.5. The van der Waals surface area contributed by atoms with Gasteiger partial charge in [0.1, 0.15) is 0 Å². The number of ether oxygens (including phenoxy) is 2. The molecule has 0 aromatic carbocycles. The van der Waals surface area contributed by atoms with Gasteiger partial charge in [0.05, 0.1) is 32.1 Å². The normalized spacial score (nSPS) is 9.64. The van der Waals surface area contributed by atoms with Crippen LogP contribution in [0.3, 0.4) is 0 Å². The van der Waals surface area contributed by atoms with Gasteiger partial charge in [-0.3, -0.25) is 0 Å². The first-order valence-corrected chi connectivity index (χ1v) is 3.95. The Morgan fingerprint density at radius 2 is 2.21 bits per heavy atom. The van der Waals surface area contributed by atoms with E-state index in [0.717, 1.165) is 0 Å². The molecule has 1 aromatic rings. The summed E-state index contributed by atoms with van der Waals surface area (Å²) in [5, 5.41) is 8.87. The molecule has 1 N–H and O–H groups in total. The molecular weight excluding hydrogens is 186 g/mol. The third-order valence-electron chi connectivity index (χ3n) is 1.65. The maximum atomic E-state index is 11.2. The second kappa shape index (κ2) is 4.57. The summed E-state index contributed by atoms with van der Waals surface area (Å²) in [6.45, 7) is -0.249. The fourth-order valence-corrected chi connectivity index (χ4v) is 0.982. The second-order valence-corrected chi connectivity index (χ2v) is 2.54. The van der Waals surface area contributed by atoms with Crippen LogP contribution < -0.4 is 4.74 Å². The Labute approximate surface area is 81.3 Å². The SMILES string of the molecule is COC(=O)c1cc(CO)nc(OC)c1. The van der Waals surface area contributed by atoms with E-state index in [-0.39, 0.29) is 12.5 Å². The molecule has 0 spiro atoms. The lowest BCUT2D eigenvalue weighted by molar-refractivity contribution is 0.0600. The minimum atomic E-state index is -0.486. The van der Waals surface area contributed by atoms with E-state index in [2.05, 4.69) is 9.72 Å². The van der Waals surface area contributed by atoms with Crippen LogP contribution in [0.2, 0.25) is 0 Å². The number of aliphatic hydroxyl groups is 1. The average Bonchev–Trinajstić information content (AvgIpc) is 2.27. The molecule has 0 saturated carbocycles. The summed E-state index contributed by atoms with van der Waals surface area (Å²) in [4.78, 5) is 15.1. The van der Waals surface area contributed by atoms with Crippen molar-refractivity contribution < 1.29 is 19.4 Å². The molecule has 0 bridgehead atoms. The zero-order chi connectivity index (χ0) is 10.6. The molecule has 0 unspecified atom stereocenters.